The Morgan fingerprint density at radius 1 is 1.11 bits per heavy atom. The summed E-state index contributed by atoms with van der Waals surface area (Å²) in [7, 11) is 3.72. The van der Waals surface area contributed by atoms with Crippen LogP contribution < -0.4 is 19.7 Å². The molecule has 2 fully saturated rings. The van der Waals surface area contributed by atoms with Crippen LogP contribution in [0.1, 0.15) is 25.3 Å². The van der Waals surface area contributed by atoms with Gasteiger partial charge >= 0.3 is 0 Å². The molecule has 12 nitrogen and oxygen atoms in total. The van der Waals surface area contributed by atoms with Gasteiger partial charge in [-0.3, -0.25) is 4.79 Å². The highest BCUT2D eigenvalue weighted by Crippen LogP contribution is 2.32. The number of likely N-dealkylation sites (N-methyl/N-ethyl adjacent to an activating group) is 1. The lowest BCUT2D eigenvalue weighted by Crippen LogP contribution is -2.50. The van der Waals surface area contributed by atoms with Crippen molar-refractivity contribution < 1.29 is 28.2 Å². The number of rotatable bonds is 9. The molecule has 0 aliphatic carbocycles. The van der Waals surface area contributed by atoms with Crippen molar-refractivity contribution in [3.8, 4) is 29.0 Å². The fourth-order valence-electron chi connectivity index (χ4n) is 5.42. The number of nitrogens with zero attached hydrogens (tertiary/aromatic N) is 7. The maximum absolute atomic E-state index is 12.7. The summed E-state index contributed by atoms with van der Waals surface area (Å²) < 4.78 is 37.1. The molecule has 0 spiro atoms. The van der Waals surface area contributed by atoms with Gasteiger partial charge in [0.2, 0.25) is 5.88 Å². The SMILES string of the molecule is COc1nc(Nc2cc(-c3ccc(OC4CCN(C(=O)[C@H](O)C(F)F)CC4)c(C#N)c3)ncn2)ccc1N1CCN(C)[C@@H](C)C1. The van der Waals surface area contributed by atoms with E-state index in [2.05, 4.69) is 50.1 Å². The second-order valence-electron chi connectivity index (χ2n) is 11.2. The molecule has 5 rings (SSSR count). The maximum Gasteiger partial charge on any atom is 0.273 e. The molecular weight excluding hydrogens is 586 g/mol. The van der Waals surface area contributed by atoms with Gasteiger partial charge in [-0.25, -0.2) is 18.7 Å². The number of benzene rings is 1. The van der Waals surface area contributed by atoms with Crippen LogP contribution in [0.4, 0.5) is 26.1 Å². The normalized spacial score (nSPS) is 18.4. The van der Waals surface area contributed by atoms with Crippen LogP contribution in [0.3, 0.4) is 0 Å². The van der Waals surface area contributed by atoms with Gasteiger partial charge in [0.25, 0.3) is 12.3 Å². The van der Waals surface area contributed by atoms with E-state index in [1.807, 2.05) is 12.1 Å². The summed E-state index contributed by atoms with van der Waals surface area (Å²) in [6.45, 7) is 5.24. The van der Waals surface area contributed by atoms with Crippen molar-refractivity contribution in [1.82, 2.24) is 24.8 Å². The summed E-state index contributed by atoms with van der Waals surface area (Å²) in [4.78, 5) is 31.2. The molecule has 0 radical (unpaired) electrons. The Bertz CT molecular complexity index is 1550. The number of anilines is 3. The van der Waals surface area contributed by atoms with Crippen molar-refractivity contribution >= 4 is 23.2 Å². The molecule has 1 aromatic carbocycles. The zero-order valence-electron chi connectivity index (χ0n) is 25.4. The minimum atomic E-state index is -3.13. The van der Waals surface area contributed by atoms with E-state index >= 15 is 0 Å². The molecule has 2 aromatic heterocycles. The third kappa shape index (κ3) is 7.38. The van der Waals surface area contributed by atoms with Gasteiger partial charge in [-0.15, -0.1) is 0 Å². The standard InChI is InChI=1S/C31H36F2N8O4/c1-19-17-41(13-12-39(19)2)24-5-7-26(38-30(24)44-3)37-27-15-23(35-18-36-27)20-4-6-25(21(14-20)16-34)45-22-8-10-40(11-9-22)31(43)28(42)29(32)33/h4-7,14-15,18-19,22,28-29,42H,8-13,17H2,1-3H3,(H,35,36,37,38)/t19-,28+/m0/s1. The number of aliphatic hydroxyl groups is 1. The molecule has 2 aliphatic rings. The van der Waals surface area contributed by atoms with Gasteiger partial charge in [-0.2, -0.15) is 10.2 Å². The molecule has 3 aromatic rings. The predicted molar refractivity (Wildman–Crippen MR) is 163 cm³/mol. The van der Waals surface area contributed by atoms with E-state index in [0.717, 1.165) is 25.3 Å². The van der Waals surface area contributed by atoms with E-state index < -0.39 is 18.4 Å². The second-order valence-corrected chi connectivity index (χ2v) is 11.2. The lowest BCUT2D eigenvalue weighted by molar-refractivity contribution is -0.150. The number of piperidine rings is 1. The molecule has 2 aliphatic heterocycles. The monoisotopic (exact) mass is 622 g/mol. The summed E-state index contributed by atoms with van der Waals surface area (Å²) in [5.74, 6) is 0.963. The Hall–Kier alpha value is -4.61. The summed E-state index contributed by atoms with van der Waals surface area (Å²) >= 11 is 0. The van der Waals surface area contributed by atoms with Gasteiger partial charge in [-0.05, 0) is 44.3 Å². The van der Waals surface area contributed by atoms with Crippen molar-refractivity contribution in [2.75, 3.05) is 57.1 Å². The van der Waals surface area contributed by atoms with E-state index in [0.29, 0.717) is 59.0 Å². The fraction of sp³-hybridized carbons (Fsp3) is 0.452. The smallest absolute Gasteiger partial charge is 0.273 e. The van der Waals surface area contributed by atoms with Gasteiger partial charge in [0.1, 0.15) is 41.6 Å². The number of methoxy groups -OCH3 is 1. The number of hydrogen-bond donors (Lipinski definition) is 2. The molecule has 2 N–H and O–H groups in total. The summed E-state index contributed by atoms with van der Waals surface area (Å²) in [6.07, 6.45) is -3.60. The lowest BCUT2D eigenvalue weighted by Gasteiger charge is -2.39. The minimum Gasteiger partial charge on any atom is -0.489 e. The number of carbonyl (C=O) groups excluding carboxylic acids is 1. The number of hydrogen-bond acceptors (Lipinski definition) is 11. The molecule has 2 atom stereocenters. The number of pyridine rings is 1. The van der Waals surface area contributed by atoms with Crippen LogP contribution in [0.5, 0.6) is 11.6 Å². The number of alkyl halides is 2. The number of aromatic nitrogens is 3. The van der Waals surface area contributed by atoms with Crippen LogP contribution in [-0.2, 0) is 4.79 Å². The molecule has 238 valence electrons. The molecule has 45 heavy (non-hydrogen) atoms. The Balaban J connectivity index is 1.24. The van der Waals surface area contributed by atoms with Gasteiger partial charge in [0.05, 0.1) is 18.4 Å². The van der Waals surface area contributed by atoms with E-state index in [9.17, 15) is 23.9 Å². The average Bonchev–Trinajstić information content (AvgIpc) is 3.06. The van der Waals surface area contributed by atoms with Crippen molar-refractivity contribution in [3.05, 3.63) is 48.3 Å². The third-order valence-electron chi connectivity index (χ3n) is 8.19. The van der Waals surface area contributed by atoms with E-state index in [1.54, 1.807) is 31.4 Å². The first-order valence-corrected chi connectivity index (χ1v) is 14.7. The Labute approximate surface area is 260 Å². The number of nitrogens with one attached hydrogen (secondary N) is 1. The first-order valence-electron chi connectivity index (χ1n) is 14.7. The fourth-order valence-corrected chi connectivity index (χ4v) is 5.42. The summed E-state index contributed by atoms with van der Waals surface area (Å²) in [5, 5.41) is 22.4. The van der Waals surface area contributed by atoms with Crippen molar-refractivity contribution in [3.63, 3.8) is 0 Å². The highest BCUT2D eigenvalue weighted by atomic mass is 19.3. The van der Waals surface area contributed by atoms with Crippen LogP contribution in [0, 0.1) is 11.3 Å². The molecule has 1 amide bonds. The second kappa shape index (κ2) is 14.0. The lowest BCUT2D eigenvalue weighted by atomic mass is 10.1. The minimum absolute atomic E-state index is 0.169. The molecule has 2 saturated heterocycles. The highest BCUT2D eigenvalue weighted by molar-refractivity contribution is 5.81. The Morgan fingerprint density at radius 2 is 1.89 bits per heavy atom. The summed E-state index contributed by atoms with van der Waals surface area (Å²) in [6, 6.07) is 13.3. The number of nitriles is 1. The number of amides is 1. The number of likely N-dealkylation sites (tertiary alicyclic amines) is 1. The topological polar surface area (TPSA) is 140 Å². The molecule has 0 saturated carbocycles. The third-order valence-corrected chi connectivity index (χ3v) is 8.19. The zero-order valence-corrected chi connectivity index (χ0v) is 25.4. The van der Waals surface area contributed by atoms with E-state index in [4.69, 9.17) is 9.47 Å². The van der Waals surface area contributed by atoms with Crippen LogP contribution in [-0.4, -0.2) is 107 Å². The number of ether oxygens (including phenoxy) is 2. The van der Waals surface area contributed by atoms with Gasteiger partial charge in [0.15, 0.2) is 6.10 Å². The van der Waals surface area contributed by atoms with Crippen LogP contribution >= 0.6 is 0 Å². The van der Waals surface area contributed by atoms with Crippen LogP contribution in [0.15, 0.2) is 42.7 Å². The molecule has 14 heteroatoms. The van der Waals surface area contributed by atoms with Gasteiger partial charge in [0, 0.05) is 63.2 Å². The summed E-state index contributed by atoms with van der Waals surface area (Å²) in [5.41, 5.74) is 2.49. The van der Waals surface area contributed by atoms with Crippen LogP contribution in [0.25, 0.3) is 11.3 Å². The predicted octanol–water partition coefficient (Wildman–Crippen LogP) is 3.30. The average molecular weight is 623 g/mol. The molecular formula is C31H36F2N8O4. The van der Waals surface area contributed by atoms with Gasteiger partial charge < -0.3 is 34.6 Å². The van der Waals surface area contributed by atoms with Crippen molar-refractivity contribution in [2.45, 2.75) is 44.4 Å². The number of carbonyl (C=O) groups is 1. The maximum atomic E-state index is 12.7. The Kier molecular flexibility index (Phi) is 9.90. The molecule has 0 bridgehead atoms. The van der Waals surface area contributed by atoms with Crippen molar-refractivity contribution in [2.24, 2.45) is 0 Å². The first-order chi connectivity index (χ1) is 21.7. The number of halogens is 2. The van der Waals surface area contributed by atoms with Crippen LogP contribution in [0.2, 0.25) is 0 Å². The Morgan fingerprint density at radius 3 is 2.58 bits per heavy atom. The van der Waals surface area contributed by atoms with Crippen molar-refractivity contribution in [1.29, 1.82) is 5.26 Å². The molecule has 4 heterocycles. The zero-order chi connectivity index (χ0) is 32.1. The quantitative estimate of drug-likeness (QED) is 0.363. The van der Waals surface area contributed by atoms with Gasteiger partial charge in [-0.1, -0.05) is 0 Å². The first kappa shape index (κ1) is 31.8. The highest BCUT2D eigenvalue weighted by Gasteiger charge is 2.33. The number of piperazine rings is 1. The molecule has 0 unspecified atom stereocenters. The largest absolute Gasteiger partial charge is 0.489 e. The number of aliphatic hydroxyl groups excluding tert-OH is 1. The van der Waals surface area contributed by atoms with E-state index in [1.165, 1.54) is 11.2 Å². The van der Waals surface area contributed by atoms with E-state index in [-0.39, 0.29) is 19.2 Å².